The molecular weight excluding hydrogens is 436 g/mol. The van der Waals surface area contributed by atoms with E-state index in [0.29, 0.717) is 34.9 Å². The van der Waals surface area contributed by atoms with Crippen LogP contribution in [0.5, 0.6) is 5.75 Å². The summed E-state index contributed by atoms with van der Waals surface area (Å²) < 4.78 is 33.4. The molecule has 6 nitrogen and oxygen atoms in total. The number of halogens is 1. The van der Waals surface area contributed by atoms with E-state index in [4.69, 9.17) is 16.3 Å². The van der Waals surface area contributed by atoms with Crippen LogP contribution in [-0.2, 0) is 16.4 Å². The van der Waals surface area contributed by atoms with Gasteiger partial charge in [0.15, 0.2) is 0 Å². The Kier molecular flexibility index (Phi) is 5.64. The van der Waals surface area contributed by atoms with Gasteiger partial charge in [0.05, 0.1) is 23.3 Å². The number of carbonyl (C=O) groups is 1. The van der Waals surface area contributed by atoms with Gasteiger partial charge in [0.2, 0.25) is 0 Å². The highest BCUT2D eigenvalue weighted by atomic mass is 35.5. The smallest absolute Gasteiger partial charge is 0.264 e. The summed E-state index contributed by atoms with van der Waals surface area (Å²) in [5, 5.41) is 3.32. The lowest BCUT2D eigenvalue weighted by Crippen LogP contribution is -2.29. The quantitative estimate of drug-likeness (QED) is 0.605. The monoisotopic (exact) mass is 456 g/mol. The number of fused-ring (bicyclic) bond motifs is 1. The number of hydrogen-bond donors (Lipinski definition) is 1. The minimum atomic E-state index is -3.84. The van der Waals surface area contributed by atoms with Crippen LogP contribution in [0.2, 0.25) is 5.02 Å². The van der Waals surface area contributed by atoms with E-state index in [2.05, 4.69) is 5.32 Å². The molecule has 0 aliphatic carbocycles. The number of methoxy groups -OCH3 is 1. The minimum absolute atomic E-state index is 0.0259. The fraction of sp³-hybridized carbons (Fsp3) is 0.174. The summed E-state index contributed by atoms with van der Waals surface area (Å²) in [6.07, 6.45) is 0.646. The van der Waals surface area contributed by atoms with Crippen LogP contribution >= 0.6 is 11.6 Å². The highest BCUT2D eigenvalue weighted by Gasteiger charge is 2.31. The molecule has 1 aliphatic heterocycles. The first-order valence-electron chi connectivity index (χ1n) is 9.68. The molecule has 1 aliphatic rings. The zero-order chi connectivity index (χ0) is 22.2. The van der Waals surface area contributed by atoms with Crippen molar-refractivity contribution in [3.63, 3.8) is 0 Å². The Labute approximate surface area is 186 Å². The average molecular weight is 457 g/mol. The summed E-state index contributed by atoms with van der Waals surface area (Å²) in [6, 6.07) is 16.9. The van der Waals surface area contributed by atoms with Crippen molar-refractivity contribution < 1.29 is 17.9 Å². The number of anilines is 2. The lowest BCUT2D eigenvalue weighted by atomic mass is 10.1. The van der Waals surface area contributed by atoms with Crippen LogP contribution in [0, 0.1) is 6.92 Å². The molecule has 0 spiro atoms. The van der Waals surface area contributed by atoms with Crippen LogP contribution in [0.4, 0.5) is 11.4 Å². The van der Waals surface area contributed by atoms with Crippen LogP contribution in [0.1, 0.15) is 21.5 Å². The van der Waals surface area contributed by atoms with Gasteiger partial charge in [-0.05, 0) is 60.9 Å². The molecule has 0 saturated heterocycles. The summed E-state index contributed by atoms with van der Waals surface area (Å²) in [6.45, 7) is 2.15. The molecule has 0 saturated carbocycles. The van der Waals surface area contributed by atoms with Crippen LogP contribution in [-0.4, -0.2) is 28.0 Å². The predicted molar refractivity (Wildman–Crippen MR) is 122 cm³/mol. The standard InChI is InChI=1S/C23H21ClN2O4S/c1-15-19(24)7-5-8-20(15)25-23(27)18-14-17(10-11-22(18)30-2)31(28,29)26-13-12-16-6-3-4-9-21(16)26/h3-11,14H,12-13H2,1-2H3,(H,25,27). The Morgan fingerprint density at radius 2 is 1.87 bits per heavy atom. The van der Waals surface area contributed by atoms with Crippen LogP contribution in [0.15, 0.2) is 65.6 Å². The van der Waals surface area contributed by atoms with E-state index in [0.717, 1.165) is 5.56 Å². The lowest BCUT2D eigenvalue weighted by Gasteiger charge is -2.20. The molecule has 4 rings (SSSR count). The number of nitrogens with one attached hydrogen (secondary N) is 1. The zero-order valence-corrected chi connectivity index (χ0v) is 18.6. The number of para-hydroxylation sites is 1. The minimum Gasteiger partial charge on any atom is -0.496 e. The number of ether oxygens (including phenoxy) is 1. The van der Waals surface area contributed by atoms with Gasteiger partial charge in [0.25, 0.3) is 15.9 Å². The zero-order valence-electron chi connectivity index (χ0n) is 17.1. The van der Waals surface area contributed by atoms with E-state index in [-0.39, 0.29) is 16.2 Å². The third-order valence-corrected chi connectivity index (χ3v) is 7.58. The maximum absolute atomic E-state index is 13.4. The Morgan fingerprint density at radius 1 is 1.10 bits per heavy atom. The Balaban J connectivity index is 1.71. The Morgan fingerprint density at radius 3 is 2.65 bits per heavy atom. The first-order chi connectivity index (χ1) is 14.8. The first kappa shape index (κ1) is 21.2. The second kappa shape index (κ2) is 8.24. The molecule has 1 N–H and O–H groups in total. The van der Waals surface area contributed by atoms with E-state index >= 15 is 0 Å². The number of nitrogens with zero attached hydrogens (tertiary/aromatic N) is 1. The third-order valence-electron chi connectivity index (χ3n) is 5.36. The maximum atomic E-state index is 13.4. The molecule has 1 heterocycles. The van der Waals surface area contributed by atoms with Gasteiger partial charge in [-0.3, -0.25) is 9.10 Å². The molecule has 0 radical (unpaired) electrons. The van der Waals surface area contributed by atoms with Crippen LogP contribution in [0.25, 0.3) is 0 Å². The normalized spacial score (nSPS) is 13.1. The highest BCUT2D eigenvalue weighted by molar-refractivity contribution is 7.92. The van der Waals surface area contributed by atoms with E-state index in [9.17, 15) is 13.2 Å². The maximum Gasteiger partial charge on any atom is 0.264 e. The fourth-order valence-corrected chi connectivity index (χ4v) is 5.35. The van der Waals surface area contributed by atoms with E-state index in [1.165, 1.54) is 29.6 Å². The summed E-state index contributed by atoms with van der Waals surface area (Å²) in [5.74, 6) is -0.209. The first-order valence-corrected chi connectivity index (χ1v) is 11.5. The molecule has 0 aromatic heterocycles. The van der Waals surface area contributed by atoms with Gasteiger partial charge >= 0.3 is 0 Å². The second-order valence-corrected chi connectivity index (χ2v) is 9.45. The fourth-order valence-electron chi connectivity index (χ4n) is 3.64. The van der Waals surface area contributed by atoms with Gasteiger partial charge < -0.3 is 10.1 Å². The second-order valence-electron chi connectivity index (χ2n) is 7.18. The van der Waals surface area contributed by atoms with Crippen molar-refractivity contribution >= 4 is 38.9 Å². The lowest BCUT2D eigenvalue weighted by molar-refractivity contribution is 0.102. The molecule has 0 atom stereocenters. The summed E-state index contributed by atoms with van der Waals surface area (Å²) in [5.41, 5.74) is 3.03. The molecular formula is C23H21ClN2O4S. The molecule has 160 valence electrons. The Hall–Kier alpha value is -3.03. The Bertz CT molecular complexity index is 1270. The van der Waals surface area contributed by atoms with Crippen LogP contribution in [0.3, 0.4) is 0 Å². The molecule has 8 heteroatoms. The molecule has 0 fully saturated rings. The van der Waals surface area contributed by atoms with E-state index in [1.807, 2.05) is 18.2 Å². The molecule has 31 heavy (non-hydrogen) atoms. The number of amides is 1. The number of benzene rings is 3. The van der Waals surface area contributed by atoms with Crippen molar-refractivity contribution in [3.8, 4) is 5.75 Å². The van der Waals surface area contributed by atoms with E-state index in [1.54, 1.807) is 31.2 Å². The van der Waals surface area contributed by atoms with Gasteiger partial charge in [-0.15, -0.1) is 0 Å². The number of hydrogen-bond acceptors (Lipinski definition) is 4. The van der Waals surface area contributed by atoms with Crippen molar-refractivity contribution in [1.82, 2.24) is 0 Å². The molecule has 1 amide bonds. The molecule has 0 unspecified atom stereocenters. The van der Waals surface area contributed by atoms with E-state index < -0.39 is 15.9 Å². The number of carbonyl (C=O) groups excluding carboxylic acids is 1. The van der Waals surface area contributed by atoms with Gasteiger partial charge in [0.1, 0.15) is 5.75 Å². The van der Waals surface area contributed by atoms with Crippen molar-refractivity contribution in [1.29, 1.82) is 0 Å². The number of rotatable bonds is 5. The molecule has 3 aromatic carbocycles. The molecule has 0 bridgehead atoms. The number of sulfonamides is 1. The summed E-state index contributed by atoms with van der Waals surface area (Å²) in [7, 11) is -2.41. The van der Waals surface area contributed by atoms with Gasteiger partial charge in [-0.1, -0.05) is 35.9 Å². The summed E-state index contributed by atoms with van der Waals surface area (Å²) in [4.78, 5) is 13.0. The predicted octanol–water partition coefficient (Wildman–Crippen LogP) is 4.66. The average Bonchev–Trinajstić information content (AvgIpc) is 3.21. The van der Waals surface area contributed by atoms with Gasteiger partial charge in [-0.2, -0.15) is 0 Å². The van der Waals surface area contributed by atoms with Crippen molar-refractivity contribution in [2.45, 2.75) is 18.2 Å². The van der Waals surface area contributed by atoms with Gasteiger partial charge in [0, 0.05) is 17.3 Å². The third kappa shape index (κ3) is 3.86. The molecule has 3 aromatic rings. The largest absolute Gasteiger partial charge is 0.496 e. The topological polar surface area (TPSA) is 75.7 Å². The van der Waals surface area contributed by atoms with Gasteiger partial charge in [-0.25, -0.2) is 8.42 Å². The highest BCUT2D eigenvalue weighted by Crippen LogP contribution is 2.34. The van der Waals surface area contributed by atoms with Crippen molar-refractivity contribution in [2.75, 3.05) is 23.3 Å². The van der Waals surface area contributed by atoms with Crippen molar-refractivity contribution in [2.24, 2.45) is 0 Å². The SMILES string of the molecule is COc1ccc(S(=O)(=O)N2CCc3ccccc32)cc1C(=O)Nc1cccc(Cl)c1C. The summed E-state index contributed by atoms with van der Waals surface area (Å²) >= 11 is 6.14. The van der Waals surface area contributed by atoms with Crippen LogP contribution < -0.4 is 14.4 Å². The van der Waals surface area contributed by atoms with Crippen molar-refractivity contribution in [3.05, 3.63) is 82.4 Å².